The zero-order valence-corrected chi connectivity index (χ0v) is 18.5. The lowest BCUT2D eigenvalue weighted by atomic mass is 10.1. The van der Waals surface area contributed by atoms with Crippen molar-refractivity contribution in [2.75, 3.05) is 16.0 Å². The third-order valence-electron chi connectivity index (χ3n) is 4.82. The first-order chi connectivity index (χ1) is 14.4. The van der Waals surface area contributed by atoms with Crippen LogP contribution >= 0.6 is 27.7 Å². The Balaban J connectivity index is 1.60. The van der Waals surface area contributed by atoms with Crippen LogP contribution in [0.3, 0.4) is 0 Å². The number of benzene rings is 3. The van der Waals surface area contributed by atoms with Gasteiger partial charge in [-0.1, -0.05) is 40.2 Å². The molecule has 4 rings (SSSR count). The first-order valence-corrected chi connectivity index (χ1v) is 11.1. The summed E-state index contributed by atoms with van der Waals surface area (Å²) in [5.74, 6) is -0.321. The monoisotopic (exact) mass is 484 g/mol. The third-order valence-corrected chi connectivity index (χ3v) is 6.52. The highest BCUT2D eigenvalue weighted by Gasteiger charge is 2.34. The predicted molar refractivity (Wildman–Crippen MR) is 122 cm³/mol. The summed E-state index contributed by atoms with van der Waals surface area (Å²) in [6, 6.07) is 19.4. The minimum atomic E-state index is -0.342. The van der Waals surface area contributed by atoms with Crippen molar-refractivity contribution in [2.24, 2.45) is 0 Å². The molecule has 2 amide bonds. The minimum absolute atomic E-state index is 0.0724. The van der Waals surface area contributed by atoms with E-state index in [0.29, 0.717) is 28.3 Å². The van der Waals surface area contributed by atoms with E-state index in [0.717, 1.165) is 10.0 Å². The molecule has 152 valence electrons. The van der Waals surface area contributed by atoms with E-state index in [4.69, 9.17) is 0 Å². The van der Waals surface area contributed by atoms with Gasteiger partial charge in [0.15, 0.2) is 0 Å². The van der Waals surface area contributed by atoms with E-state index in [1.54, 1.807) is 48.2 Å². The van der Waals surface area contributed by atoms with E-state index in [-0.39, 0.29) is 23.0 Å². The maximum absolute atomic E-state index is 14.1. The summed E-state index contributed by atoms with van der Waals surface area (Å²) >= 11 is 4.85. The molecule has 1 atom stereocenters. The Morgan fingerprint density at radius 3 is 2.70 bits per heavy atom. The molecular formula is C23H18BrFN2O2S. The SMILES string of the molecule is Cc1ccc(N2C(=O)CSC2c2cccc(NC(=O)c3cccc(Br)c3)c2)cc1F. The molecule has 4 nitrogen and oxygen atoms in total. The zero-order valence-electron chi connectivity index (χ0n) is 16.1. The average Bonchev–Trinajstić information content (AvgIpc) is 3.12. The number of halogens is 2. The van der Waals surface area contributed by atoms with Gasteiger partial charge in [-0.25, -0.2) is 4.39 Å². The van der Waals surface area contributed by atoms with Crippen molar-refractivity contribution < 1.29 is 14.0 Å². The Kier molecular flexibility index (Phi) is 5.92. The number of carbonyl (C=O) groups is 2. The zero-order chi connectivity index (χ0) is 21.3. The molecule has 1 aliphatic heterocycles. The van der Waals surface area contributed by atoms with Crippen LogP contribution < -0.4 is 10.2 Å². The van der Waals surface area contributed by atoms with Gasteiger partial charge >= 0.3 is 0 Å². The van der Waals surface area contributed by atoms with Gasteiger partial charge in [-0.15, -0.1) is 11.8 Å². The van der Waals surface area contributed by atoms with Crippen LogP contribution in [0.2, 0.25) is 0 Å². The fraction of sp³-hybridized carbons (Fsp3) is 0.130. The number of nitrogens with one attached hydrogen (secondary N) is 1. The summed E-state index contributed by atoms with van der Waals surface area (Å²) < 4.78 is 14.9. The molecule has 0 aliphatic carbocycles. The van der Waals surface area contributed by atoms with Gasteiger partial charge in [-0.2, -0.15) is 0 Å². The first-order valence-electron chi connectivity index (χ1n) is 9.29. The van der Waals surface area contributed by atoms with Gasteiger partial charge in [-0.05, 0) is 60.5 Å². The molecule has 0 radical (unpaired) electrons. The smallest absolute Gasteiger partial charge is 0.255 e. The molecule has 1 aliphatic rings. The highest BCUT2D eigenvalue weighted by atomic mass is 79.9. The van der Waals surface area contributed by atoms with Gasteiger partial charge in [0.1, 0.15) is 11.2 Å². The number of amides is 2. The van der Waals surface area contributed by atoms with Crippen LogP contribution in [0.15, 0.2) is 71.2 Å². The maximum atomic E-state index is 14.1. The summed E-state index contributed by atoms with van der Waals surface area (Å²) in [6.07, 6.45) is 0. The Labute approximate surface area is 186 Å². The minimum Gasteiger partial charge on any atom is -0.322 e. The van der Waals surface area contributed by atoms with Crippen LogP contribution in [0, 0.1) is 12.7 Å². The second kappa shape index (κ2) is 8.62. The van der Waals surface area contributed by atoms with E-state index in [1.165, 1.54) is 17.8 Å². The van der Waals surface area contributed by atoms with E-state index in [2.05, 4.69) is 21.2 Å². The Bertz CT molecular complexity index is 1140. The Hall–Kier alpha value is -2.64. The molecule has 7 heteroatoms. The van der Waals surface area contributed by atoms with Gasteiger partial charge < -0.3 is 5.32 Å². The normalized spacial score (nSPS) is 16.0. The molecule has 3 aromatic carbocycles. The topological polar surface area (TPSA) is 49.4 Å². The maximum Gasteiger partial charge on any atom is 0.255 e. The molecule has 0 bridgehead atoms. The molecule has 1 heterocycles. The van der Waals surface area contributed by atoms with Crippen LogP contribution in [0.25, 0.3) is 0 Å². The average molecular weight is 485 g/mol. The predicted octanol–water partition coefficient (Wildman–Crippen LogP) is 5.93. The molecule has 0 spiro atoms. The van der Waals surface area contributed by atoms with Crippen molar-refractivity contribution in [1.29, 1.82) is 0 Å². The van der Waals surface area contributed by atoms with Gasteiger partial charge in [0.25, 0.3) is 5.91 Å². The fourth-order valence-corrected chi connectivity index (χ4v) is 4.85. The van der Waals surface area contributed by atoms with E-state index < -0.39 is 0 Å². The summed E-state index contributed by atoms with van der Waals surface area (Å²) in [7, 11) is 0. The highest BCUT2D eigenvalue weighted by molar-refractivity contribution is 9.10. The number of aryl methyl sites for hydroxylation is 1. The standard InChI is InChI=1S/C23H18BrFN2O2S/c1-14-8-9-19(12-20(14)25)27-21(28)13-30-23(27)16-5-3-7-18(11-16)26-22(29)15-4-2-6-17(24)10-15/h2-12,23H,13H2,1H3,(H,26,29). The number of anilines is 2. The number of hydrogen-bond acceptors (Lipinski definition) is 3. The van der Waals surface area contributed by atoms with Crippen molar-refractivity contribution in [2.45, 2.75) is 12.3 Å². The van der Waals surface area contributed by atoms with Gasteiger partial charge in [0, 0.05) is 21.4 Å². The molecule has 0 aromatic heterocycles. The lowest BCUT2D eigenvalue weighted by Gasteiger charge is -2.25. The summed E-state index contributed by atoms with van der Waals surface area (Å²) in [5, 5.41) is 2.61. The van der Waals surface area contributed by atoms with Crippen LogP contribution in [0.1, 0.15) is 26.9 Å². The summed E-state index contributed by atoms with van der Waals surface area (Å²) in [6.45, 7) is 1.69. The van der Waals surface area contributed by atoms with E-state index in [1.807, 2.05) is 24.3 Å². The lowest BCUT2D eigenvalue weighted by molar-refractivity contribution is -0.115. The molecule has 1 saturated heterocycles. The lowest BCUT2D eigenvalue weighted by Crippen LogP contribution is -2.28. The number of nitrogens with zero attached hydrogens (tertiary/aromatic N) is 1. The van der Waals surface area contributed by atoms with Gasteiger partial charge in [0.05, 0.1) is 5.75 Å². The number of rotatable bonds is 4. The number of carbonyl (C=O) groups excluding carboxylic acids is 2. The molecular weight excluding hydrogens is 467 g/mol. The third kappa shape index (κ3) is 4.27. The largest absolute Gasteiger partial charge is 0.322 e. The molecule has 0 saturated carbocycles. The molecule has 1 unspecified atom stereocenters. The Morgan fingerprint density at radius 2 is 1.93 bits per heavy atom. The first kappa shape index (κ1) is 20.6. The van der Waals surface area contributed by atoms with Crippen molar-refractivity contribution >= 4 is 50.9 Å². The van der Waals surface area contributed by atoms with Crippen molar-refractivity contribution in [3.8, 4) is 0 Å². The summed E-state index contributed by atoms with van der Waals surface area (Å²) in [4.78, 5) is 26.7. The second-order valence-corrected chi connectivity index (χ2v) is 8.93. The summed E-state index contributed by atoms with van der Waals surface area (Å²) in [5.41, 5.74) is 3.09. The molecule has 3 aromatic rings. The quantitative estimate of drug-likeness (QED) is 0.499. The van der Waals surface area contributed by atoms with Crippen LogP contribution in [-0.4, -0.2) is 17.6 Å². The fourth-order valence-electron chi connectivity index (χ4n) is 3.28. The van der Waals surface area contributed by atoms with Crippen LogP contribution in [-0.2, 0) is 4.79 Å². The van der Waals surface area contributed by atoms with Crippen LogP contribution in [0.4, 0.5) is 15.8 Å². The van der Waals surface area contributed by atoms with Crippen molar-refractivity contribution in [3.05, 3.63) is 93.7 Å². The highest BCUT2D eigenvalue weighted by Crippen LogP contribution is 2.42. The molecule has 1 N–H and O–H groups in total. The van der Waals surface area contributed by atoms with E-state index >= 15 is 0 Å². The van der Waals surface area contributed by atoms with Gasteiger partial charge in [0.2, 0.25) is 5.91 Å². The van der Waals surface area contributed by atoms with Crippen molar-refractivity contribution in [3.63, 3.8) is 0 Å². The number of hydrogen-bond donors (Lipinski definition) is 1. The molecule has 30 heavy (non-hydrogen) atoms. The van der Waals surface area contributed by atoms with Crippen LogP contribution in [0.5, 0.6) is 0 Å². The van der Waals surface area contributed by atoms with E-state index in [9.17, 15) is 14.0 Å². The number of thioether (sulfide) groups is 1. The Morgan fingerprint density at radius 1 is 1.13 bits per heavy atom. The second-order valence-electron chi connectivity index (χ2n) is 6.95. The van der Waals surface area contributed by atoms with Crippen molar-refractivity contribution in [1.82, 2.24) is 0 Å². The molecule has 1 fully saturated rings. The van der Waals surface area contributed by atoms with Gasteiger partial charge in [-0.3, -0.25) is 14.5 Å².